The van der Waals surface area contributed by atoms with Crippen LogP contribution in [0.15, 0.2) is 6.20 Å². The molecule has 2 heterocycles. The molecule has 0 amide bonds. The lowest BCUT2D eigenvalue weighted by atomic mass is 10.2. The molecule has 1 aliphatic heterocycles. The van der Waals surface area contributed by atoms with Crippen LogP contribution in [0.2, 0.25) is 0 Å². The van der Waals surface area contributed by atoms with Gasteiger partial charge in [-0.25, -0.2) is 4.98 Å². The lowest BCUT2D eigenvalue weighted by molar-refractivity contribution is 0.0384. The van der Waals surface area contributed by atoms with Crippen LogP contribution in [0, 0.1) is 0 Å². The zero-order valence-corrected chi connectivity index (χ0v) is 9.09. The van der Waals surface area contributed by atoms with Crippen molar-refractivity contribution < 1.29 is 4.74 Å². The van der Waals surface area contributed by atoms with Crippen molar-refractivity contribution in [1.29, 1.82) is 0 Å². The Balaban J connectivity index is 2.04. The molecule has 5 heteroatoms. The number of ether oxygens (including phenoxy) is 1. The maximum absolute atomic E-state index is 5.65. The highest BCUT2D eigenvalue weighted by molar-refractivity contribution is 7.19. The third-order valence-corrected chi connectivity index (χ3v) is 3.26. The average Bonchev–Trinajstić information content (AvgIpc) is 2.65. The molecule has 1 aromatic heterocycles. The summed E-state index contributed by atoms with van der Waals surface area (Å²) in [6.07, 6.45) is 3.11. The van der Waals surface area contributed by atoms with Gasteiger partial charge in [-0.3, -0.25) is 0 Å². The van der Waals surface area contributed by atoms with Gasteiger partial charge in [0, 0.05) is 13.1 Å². The molecule has 14 heavy (non-hydrogen) atoms. The van der Waals surface area contributed by atoms with Gasteiger partial charge >= 0.3 is 0 Å². The fourth-order valence-electron chi connectivity index (χ4n) is 1.56. The molecular formula is C9H15N3OS. The molecule has 4 nitrogen and oxygen atoms in total. The molecule has 2 N–H and O–H groups in total. The Morgan fingerprint density at radius 3 is 3.29 bits per heavy atom. The number of aromatic nitrogens is 1. The zero-order chi connectivity index (χ0) is 9.97. The minimum Gasteiger partial charge on any atom is -0.389 e. The van der Waals surface area contributed by atoms with E-state index in [2.05, 4.69) is 16.8 Å². The average molecular weight is 213 g/mol. The van der Waals surface area contributed by atoms with E-state index in [-0.39, 0.29) is 0 Å². The van der Waals surface area contributed by atoms with Crippen LogP contribution >= 0.6 is 11.3 Å². The summed E-state index contributed by atoms with van der Waals surface area (Å²) in [5, 5.41) is 1.80. The lowest BCUT2D eigenvalue weighted by Gasteiger charge is -2.32. The Morgan fingerprint density at radius 2 is 2.64 bits per heavy atom. The van der Waals surface area contributed by atoms with Crippen LogP contribution in [0.1, 0.15) is 13.3 Å². The highest BCUT2D eigenvalue weighted by atomic mass is 32.1. The molecule has 1 fully saturated rings. The van der Waals surface area contributed by atoms with Gasteiger partial charge in [0.2, 0.25) is 0 Å². The molecule has 0 bridgehead atoms. The molecular weight excluding hydrogens is 198 g/mol. The van der Waals surface area contributed by atoms with Gasteiger partial charge in [0.25, 0.3) is 0 Å². The number of hydrogen-bond donors (Lipinski definition) is 1. The Labute approximate surface area is 87.7 Å². The van der Waals surface area contributed by atoms with Crippen molar-refractivity contribution in [3.8, 4) is 0 Å². The SMILES string of the molecule is CCC1CN(c2ncc(N)s2)CCO1. The summed E-state index contributed by atoms with van der Waals surface area (Å²) >= 11 is 1.54. The second-order valence-corrected chi connectivity index (χ2v) is 4.43. The predicted molar refractivity (Wildman–Crippen MR) is 58.8 cm³/mol. The number of anilines is 2. The molecule has 78 valence electrons. The second-order valence-electron chi connectivity index (χ2n) is 3.39. The molecule has 2 rings (SSSR count). The summed E-state index contributed by atoms with van der Waals surface area (Å²) in [4.78, 5) is 6.52. The molecule has 1 atom stereocenters. The topological polar surface area (TPSA) is 51.4 Å². The van der Waals surface area contributed by atoms with E-state index >= 15 is 0 Å². The molecule has 1 saturated heterocycles. The first-order valence-corrected chi connectivity index (χ1v) is 5.69. The number of rotatable bonds is 2. The van der Waals surface area contributed by atoms with E-state index in [1.54, 1.807) is 17.5 Å². The highest BCUT2D eigenvalue weighted by Gasteiger charge is 2.20. The minimum atomic E-state index is 0.342. The lowest BCUT2D eigenvalue weighted by Crippen LogP contribution is -2.42. The standard InChI is InChI=1S/C9H15N3OS/c1-2-7-6-12(3-4-13-7)9-11-5-8(10)14-9/h5,7H,2-4,6,10H2,1H3. The van der Waals surface area contributed by atoms with Gasteiger partial charge in [0.05, 0.1) is 18.9 Å². The van der Waals surface area contributed by atoms with Crippen molar-refractivity contribution >= 4 is 21.5 Å². The third-order valence-electron chi connectivity index (χ3n) is 2.38. The van der Waals surface area contributed by atoms with Gasteiger partial charge in [-0.1, -0.05) is 18.3 Å². The first-order chi connectivity index (χ1) is 6.79. The fourth-order valence-corrected chi connectivity index (χ4v) is 2.28. The van der Waals surface area contributed by atoms with Crippen molar-refractivity contribution in [2.24, 2.45) is 0 Å². The maximum Gasteiger partial charge on any atom is 0.187 e. The van der Waals surface area contributed by atoms with E-state index in [1.807, 2.05) is 0 Å². The van der Waals surface area contributed by atoms with Gasteiger partial charge in [0.15, 0.2) is 5.13 Å². The van der Waals surface area contributed by atoms with E-state index < -0.39 is 0 Å². The summed E-state index contributed by atoms with van der Waals surface area (Å²) in [7, 11) is 0. The zero-order valence-electron chi connectivity index (χ0n) is 8.27. The first-order valence-electron chi connectivity index (χ1n) is 4.87. The maximum atomic E-state index is 5.65. The van der Waals surface area contributed by atoms with Gasteiger partial charge in [-0.15, -0.1) is 0 Å². The van der Waals surface area contributed by atoms with Gasteiger partial charge in [0.1, 0.15) is 5.00 Å². The smallest absolute Gasteiger partial charge is 0.187 e. The van der Waals surface area contributed by atoms with Crippen molar-refractivity contribution in [1.82, 2.24) is 4.98 Å². The van der Waals surface area contributed by atoms with Gasteiger partial charge < -0.3 is 15.4 Å². The van der Waals surface area contributed by atoms with Crippen LogP contribution in [0.25, 0.3) is 0 Å². The second kappa shape index (κ2) is 4.14. The monoisotopic (exact) mass is 213 g/mol. The highest BCUT2D eigenvalue weighted by Crippen LogP contribution is 2.25. The molecule has 1 aliphatic rings. The Kier molecular flexibility index (Phi) is 2.88. The minimum absolute atomic E-state index is 0.342. The summed E-state index contributed by atoms with van der Waals surface area (Å²) in [6.45, 7) is 4.79. The molecule has 1 aromatic rings. The van der Waals surface area contributed by atoms with Crippen molar-refractivity contribution in [3.05, 3.63) is 6.20 Å². The van der Waals surface area contributed by atoms with Crippen molar-refractivity contribution in [2.45, 2.75) is 19.4 Å². The Hall–Kier alpha value is -0.810. The Bertz CT molecular complexity index is 302. The summed E-state index contributed by atoms with van der Waals surface area (Å²) in [5.74, 6) is 0. The molecule has 0 spiro atoms. The predicted octanol–water partition coefficient (Wildman–Crippen LogP) is 1.34. The van der Waals surface area contributed by atoms with Crippen LogP contribution in [-0.2, 0) is 4.74 Å². The summed E-state index contributed by atoms with van der Waals surface area (Å²) in [6, 6.07) is 0. The largest absolute Gasteiger partial charge is 0.389 e. The molecule has 0 aliphatic carbocycles. The summed E-state index contributed by atoms with van der Waals surface area (Å²) < 4.78 is 5.59. The van der Waals surface area contributed by atoms with E-state index in [4.69, 9.17) is 10.5 Å². The van der Waals surface area contributed by atoms with Crippen LogP contribution in [0.5, 0.6) is 0 Å². The summed E-state index contributed by atoms with van der Waals surface area (Å²) in [5.41, 5.74) is 5.65. The van der Waals surface area contributed by atoms with E-state index in [0.717, 1.165) is 36.2 Å². The number of nitrogens with zero attached hydrogens (tertiary/aromatic N) is 2. The van der Waals surface area contributed by atoms with Crippen LogP contribution in [0.3, 0.4) is 0 Å². The Morgan fingerprint density at radius 1 is 1.79 bits per heavy atom. The van der Waals surface area contributed by atoms with E-state index in [9.17, 15) is 0 Å². The number of morpholine rings is 1. The normalized spacial score (nSPS) is 22.6. The van der Waals surface area contributed by atoms with Crippen LogP contribution in [0.4, 0.5) is 10.1 Å². The number of thiazole rings is 1. The number of nitrogen functional groups attached to an aromatic ring is 1. The molecule has 1 unspecified atom stereocenters. The van der Waals surface area contributed by atoms with Crippen LogP contribution < -0.4 is 10.6 Å². The van der Waals surface area contributed by atoms with E-state index in [1.165, 1.54) is 0 Å². The third kappa shape index (κ3) is 1.99. The van der Waals surface area contributed by atoms with Crippen LogP contribution in [-0.4, -0.2) is 30.8 Å². The van der Waals surface area contributed by atoms with Crippen molar-refractivity contribution in [3.63, 3.8) is 0 Å². The van der Waals surface area contributed by atoms with Gasteiger partial charge in [-0.05, 0) is 6.42 Å². The number of nitrogens with two attached hydrogens (primary N) is 1. The molecule has 0 aromatic carbocycles. The number of hydrogen-bond acceptors (Lipinski definition) is 5. The fraction of sp³-hybridized carbons (Fsp3) is 0.667. The van der Waals surface area contributed by atoms with Crippen molar-refractivity contribution in [2.75, 3.05) is 30.3 Å². The molecule has 0 radical (unpaired) electrons. The van der Waals surface area contributed by atoms with E-state index in [0.29, 0.717) is 6.10 Å². The molecule has 0 saturated carbocycles. The van der Waals surface area contributed by atoms with Gasteiger partial charge in [-0.2, -0.15) is 0 Å². The quantitative estimate of drug-likeness (QED) is 0.805. The first kappa shape index (κ1) is 9.73.